The van der Waals surface area contributed by atoms with Gasteiger partial charge in [0.15, 0.2) is 18.2 Å². The van der Waals surface area contributed by atoms with Crippen molar-refractivity contribution < 1.29 is 18.7 Å². The second-order valence-corrected chi connectivity index (χ2v) is 7.16. The van der Waals surface area contributed by atoms with Gasteiger partial charge < -0.3 is 15.0 Å². The molecule has 0 aliphatic rings. The van der Waals surface area contributed by atoms with E-state index in [-0.39, 0.29) is 36.8 Å². The molecule has 0 heterocycles. The van der Waals surface area contributed by atoms with E-state index in [9.17, 15) is 14.0 Å². The Balaban J connectivity index is 2.18. The first-order valence-electron chi connectivity index (χ1n) is 9.85. The zero-order chi connectivity index (χ0) is 21.4. The molecule has 6 heteroatoms. The van der Waals surface area contributed by atoms with Crippen LogP contribution in [0.2, 0.25) is 0 Å². The van der Waals surface area contributed by atoms with Gasteiger partial charge in [-0.1, -0.05) is 43.3 Å². The summed E-state index contributed by atoms with van der Waals surface area (Å²) in [5.41, 5.74) is 1.96. The highest BCUT2D eigenvalue weighted by Crippen LogP contribution is 2.17. The minimum Gasteiger partial charge on any atom is -0.481 e. The van der Waals surface area contributed by atoms with E-state index >= 15 is 0 Å². The summed E-state index contributed by atoms with van der Waals surface area (Å²) in [5.74, 6) is -1.14. The molecule has 0 aliphatic carbocycles. The number of nitrogens with zero attached hydrogens (tertiary/aromatic N) is 1. The molecule has 0 saturated heterocycles. The molecule has 2 amide bonds. The van der Waals surface area contributed by atoms with Gasteiger partial charge >= 0.3 is 0 Å². The lowest BCUT2D eigenvalue weighted by atomic mass is 10.1. The fraction of sp³-hybridized carbons (Fsp3) is 0.391. The first kappa shape index (κ1) is 22.4. The Bertz CT molecular complexity index is 840. The summed E-state index contributed by atoms with van der Waals surface area (Å²) in [6.45, 7) is 7.46. The Labute approximate surface area is 171 Å². The van der Waals surface area contributed by atoms with E-state index in [1.165, 1.54) is 17.0 Å². The van der Waals surface area contributed by atoms with Gasteiger partial charge in [-0.25, -0.2) is 4.39 Å². The number of hydrogen-bond donors (Lipinski definition) is 1. The van der Waals surface area contributed by atoms with Crippen molar-refractivity contribution in [1.82, 2.24) is 10.2 Å². The van der Waals surface area contributed by atoms with Gasteiger partial charge in [0.25, 0.3) is 5.91 Å². The summed E-state index contributed by atoms with van der Waals surface area (Å²) >= 11 is 0. The number of ether oxygens (including phenoxy) is 1. The van der Waals surface area contributed by atoms with Crippen LogP contribution in [0.25, 0.3) is 0 Å². The van der Waals surface area contributed by atoms with Crippen molar-refractivity contribution in [3.05, 3.63) is 65.5 Å². The van der Waals surface area contributed by atoms with Crippen molar-refractivity contribution in [2.45, 2.75) is 52.7 Å². The molecule has 1 N–H and O–H groups in total. The van der Waals surface area contributed by atoms with Crippen LogP contribution in [0.3, 0.4) is 0 Å². The number of hydrogen-bond acceptors (Lipinski definition) is 3. The Morgan fingerprint density at radius 3 is 2.41 bits per heavy atom. The number of halogens is 1. The number of benzene rings is 2. The SMILES string of the molecule is CCC(C)NC(=O)C(C)N(Cc1ccccc1C)C(=O)COc1ccccc1F. The highest BCUT2D eigenvalue weighted by molar-refractivity contribution is 5.88. The zero-order valence-electron chi connectivity index (χ0n) is 17.4. The number of aryl methyl sites for hydroxylation is 1. The highest BCUT2D eigenvalue weighted by Gasteiger charge is 2.27. The topological polar surface area (TPSA) is 58.6 Å². The van der Waals surface area contributed by atoms with Crippen LogP contribution in [0, 0.1) is 12.7 Å². The van der Waals surface area contributed by atoms with Gasteiger partial charge in [-0.05, 0) is 50.5 Å². The minimum absolute atomic E-state index is 0.00778. The number of rotatable bonds is 9. The van der Waals surface area contributed by atoms with Crippen molar-refractivity contribution in [2.24, 2.45) is 0 Å². The van der Waals surface area contributed by atoms with E-state index in [0.717, 1.165) is 17.5 Å². The van der Waals surface area contributed by atoms with E-state index in [2.05, 4.69) is 5.32 Å². The van der Waals surface area contributed by atoms with Crippen LogP contribution in [0.1, 0.15) is 38.3 Å². The van der Waals surface area contributed by atoms with E-state index in [1.807, 2.05) is 45.0 Å². The number of carbonyl (C=O) groups excluding carboxylic acids is 2. The number of nitrogens with one attached hydrogen (secondary N) is 1. The molecule has 2 unspecified atom stereocenters. The summed E-state index contributed by atoms with van der Waals surface area (Å²) in [6, 6.07) is 12.9. The Hall–Kier alpha value is -2.89. The van der Waals surface area contributed by atoms with Crippen molar-refractivity contribution in [2.75, 3.05) is 6.61 Å². The smallest absolute Gasteiger partial charge is 0.261 e. The van der Waals surface area contributed by atoms with Gasteiger partial charge in [0.05, 0.1) is 0 Å². The largest absolute Gasteiger partial charge is 0.481 e. The molecule has 0 aromatic heterocycles. The molecule has 0 saturated carbocycles. The average molecular weight is 400 g/mol. The maximum atomic E-state index is 13.8. The summed E-state index contributed by atoms with van der Waals surface area (Å²) in [7, 11) is 0. The summed E-state index contributed by atoms with van der Waals surface area (Å²) in [6.07, 6.45) is 0.792. The van der Waals surface area contributed by atoms with Gasteiger partial charge in [-0.3, -0.25) is 9.59 Å². The summed E-state index contributed by atoms with van der Waals surface area (Å²) in [5, 5.41) is 2.91. The first-order valence-corrected chi connectivity index (χ1v) is 9.85. The maximum Gasteiger partial charge on any atom is 0.261 e. The molecular formula is C23H29FN2O3. The lowest BCUT2D eigenvalue weighted by molar-refractivity contribution is -0.142. The van der Waals surface area contributed by atoms with Crippen LogP contribution in [0.4, 0.5) is 4.39 Å². The fourth-order valence-corrected chi connectivity index (χ4v) is 2.80. The van der Waals surface area contributed by atoms with Crippen LogP contribution in [0.15, 0.2) is 48.5 Å². The van der Waals surface area contributed by atoms with Crippen LogP contribution >= 0.6 is 0 Å². The van der Waals surface area contributed by atoms with Crippen molar-refractivity contribution in [3.63, 3.8) is 0 Å². The molecule has 0 fully saturated rings. The lowest BCUT2D eigenvalue weighted by Gasteiger charge is -2.30. The third-order valence-corrected chi connectivity index (χ3v) is 4.96. The zero-order valence-corrected chi connectivity index (χ0v) is 17.4. The molecular weight excluding hydrogens is 371 g/mol. The second-order valence-electron chi connectivity index (χ2n) is 7.16. The van der Waals surface area contributed by atoms with Crippen molar-refractivity contribution in [1.29, 1.82) is 0 Å². The Morgan fingerprint density at radius 1 is 1.10 bits per heavy atom. The van der Waals surface area contributed by atoms with Gasteiger partial charge in [0.2, 0.25) is 5.91 Å². The summed E-state index contributed by atoms with van der Waals surface area (Å²) in [4.78, 5) is 27.1. The first-order chi connectivity index (χ1) is 13.8. The fourth-order valence-electron chi connectivity index (χ4n) is 2.80. The monoisotopic (exact) mass is 400 g/mol. The molecule has 29 heavy (non-hydrogen) atoms. The van der Waals surface area contributed by atoms with Gasteiger partial charge in [-0.15, -0.1) is 0 Å². The molecule has 2 atom stereocenters. The summed E-state index contributed by atoms with van der Waals surface area (Å²) < 4.78 is 19.2. The third kappa shape index (κ3) is 6.31. The van der Waals surface area contributed by atoms with E-state index < -0.39 is 11.9 Å². The van der Waals surface area contributed by atoms with Gasteiger partial charge in [0.1, 0.15) is 6.04 Å². The number of carbonyl (C=O) groups is 2. The minimum atomic E-state index is -0.694. The Morgan fingerprint density at radius 2 is 1.76 bits per heavy atom. The second kappa shape index (κ2) is 10.6. The molecule has 0 radical (unpaired) electrons. The molecule has 5 nitrogen and oxygen atoms in total. The average Bonchev–Trinajstić information content (AvgIpc) is 2.71. The standard InChI is InChI=1S/C23H29FN2O3/c1-5-17(3)25-23(28)18(4)26(14-19-11-7-6-10-16(19)2)22(27)15-29-21-13-9-8-12-20(21)24/h6-13,17-18H,5,14-15H2,1-4H3,(H,25,28). The van der Waals surface area contributed by atoms with Gasteiger partial charge in [0, 0.05) is 12.6 Å². The molecule has 2 aromatic carbocycles. The molecule has 156 valence electrons. The quantitative estimate of drug-likeness (QED) is 0.696. The van der Waals surface area contributed by atoms with Crippen molar-refractivity contribution >= 4 is 11.8 Å². The third-order valence-electron chi connectivity index (χ3n) is 4.96. The van der Waals surface area contributed by atoms with Gasteiger partial charge in [-0.2, -0.15) is 0 Å². The van der Waals surface area contributed by atoms with E-state index in [0.29, 0.717) is 0 Å². The predicted molar refractivity (Wildman–Crippen MR) is 111 cm³/mol. The molecule has 0 bridgehead atoms. The maximum absolute atomic E-state index is 13.8. The van der Waals surface area contributed by atoms with E-state index in [1.54, 1.807) is 19.1 Å². The molecule has 0 spiro atoms. The normalized spacial score (nSPS) is 12.7. The Kier molecular flexibility index (Phi) is 8.19. The number of para-hydroxylation sites is 1. The van der Waals surface area contributed by atoms with E-state index in [4.69, 9.17) is 4.74 Å². The molecule has 2 rings (SSSR count). The highest BCUT2D eigenvalue weighted by atomic mass is 19.1. The van der Waals surface area contributed by atoms with Crippen LogP contribution in [0.5, 0.6) is 5.75 Å². The number of amides is 2. The van der Waals surface area contributed by atoms with Crippen LogP contribution < -0.4 is 10.1 Å². The van der Waals surface area contributed by atoms with Crippen molar-refractivity contribution in [3.8, 4) is 5.75 Å². The molecule has 0 aliphatic heterocycles. The predicted octanol–water partition coefficient (Wildman–Crippen LogP) is 3.84. The molecule has 2 aromatic rings. The lowest BCUT2D eigenvalue weighted by Crippen LogP contribution is -2.50. The van der Waals surface area contributed by atoms with Crippen LogP contribution in [-0.4, -0.2) is 35.4 Å². The van der Waals surface area contributed by atoms with Crippen LogP contribution in [-0.2, 0) is 16.1 Å².